The van der Waals surface area contributed by atoms with Crippen molar-refractivity contribution in [2.24, 2.45) is 13.0 Å². The zero-order chi connectivity index (χ0) is 11.7. The van der Waals surface area contributed by atoms with E-state index in [1.807, 2.05) is 14.0 Å². The quantitative estimate of drug-likeness (QED) is 0.730. The average molecular weight is 218 g/mol. The summed E-state index contributed by atoms with van der Waals surface area (Å²) in [7, 11) is 1.88. The van der Waals surface area contributed by atoms with Crippen molar-refractivity contribution in [1.82, 2.24) is 14.7 Å². The number of rotatable bonds is 2. The number of aryl methyl sites for hydroxylation is 1. The highest BCUT2D eigenvalue weighted by Crippen LogP contribution is 2.20. The first kappa shape index (κ1) is 10.7. The summed E-state index contributed by atoms with van der Waals surface area (Å²) in [6, 6.07) is 2.15. The molecule has 1 unspecified atom stereocenters. The van der Waals surface area contributed by atoms with E-state index in [0.29, 0.717) is 19.5 Å². The zero-order valence-electron chi connectivity index (χ0n) is 9.47. The van der Waals surface area contributed by atoms with Gasteiger partial charge in [-0.2, -0.15) is 10.4 Å². The number of amides is 1. The lowest BCUT2D eigenvalue weighted by molar-refractivity contribution is -0.128. The fourth-order valence-electron chi connectivity index (χ4n) is 1.92. The number of carbonyl (C=O) groups is 1. The average Bonchev–Trinajstić information content (AvgIpc) is 2.77. The summed E-state index contributed by atoms with van der Waals surface area (Å²) < 4.78 is 1.79. The van der Waals surface area contributed by atoms with Gasteiger partial charge in [-0.05, 0) is 6.92 Å². The maximum absolute atomic E-state index is 11.6. The third-order valence-electron chi connectivity index (χ3n) is 3.10. The van der Waals surface area contributed by atoms with Crippen molar-refractivity contribution >= 4 is 5.91 Å². The highest BCUT2D eigenvalue weighted by Gasteiger charge is 2.29. The second kappa shape index (κ2) is 3.97. The Labute approximate surface area is 94.3 Å². The van der Waals surface area contributed by atoms with E-state index >= 15 is 0 Å². The summed E-state index contributed by atoms with van der Waals surface area (Å²) in [5.74, 6) is -0.0840. The minimum atomic E-state index is -0.149. The second-order valence-electron chi connectivity index (χ2n) is 4.18. The molecule has 0 aliphatic carbocycles. The van der Waals surface area contributed by atoms with E-state index in [-0.39, 0.29) is 11.8 Å². The number of nitrogens with zero attached hydrogens (tertiary/aromatic N) is 4. The molecule has 0 saturated carbocycles. The molecule has 1 aromatic heterocycles. The normalized spacial score (nSPS) is 20.2. The van der Waals surface area contributed by atoms with Crippen molar-refractivity contribution in [1.29, 1.82) is 5.26 Å². The standard InChI is InChI=1S/C11H14N4O/c1-8-10(5-13-14(8)2)7-15-6-9(4-12)3-11(15)16/h5,9H,3,6-7H2,1-2H3. The van der Waals surface area contributed by atoms with Crippen LogP contribution in [0.1, 0.15) is 17.7 Å². The summed E-state index contributed by atoms with van der Waals surface area (Å²) in [6.45, 7) is 3.09. The summed E-state index contributed by atoms with van der Waals surface area (Å²) >= 11 is 0. The smallest absolute Gasteiger partial charge is 0.224 e. The minimum absolute atomic E-state index is 0.0646. The number of nitriles is 1. The Morgan fingerprint density at radius 3 is 2.94 bits per heavy atom. The van der Waals surface area contributed by atoms with Gasteiger partial charge >= 0.3 is 0 Å². The van der Waals surface area contributed by atoms with E-state index in [1.165, 1.54) is 0 Å². The van der Waals surface area contributed by atoms with Gasteiger partial charge < -0.3 is 4.90 Å². The summed E-state index contributed by atoms with van der Waals surface area (Å²) in [5, 5.41) is 12.9. The third-order valence-corrected chi connectivity index (χ3v) is 3.10. The molecule has 5 heteroatoms. The van der Waals surface area contributed by atoms with Gasteiger partial charge in [0.25, 0.3) is 0 Å². The monoisotopic (exact) mass is 218 g/mol. The molecule has 1 fully saturated rings. The highest BCUT2D eigenvalue weighted by molar-refractivity contribution is 5.79. The van der Waals surface area contributed by atoms with Crippen molar-refractivity contribution in [3.05, 3.63) is 17.5 Å². The van der Waals surface area contributed by atoms with Gasteiger partial charge in [0.05, 0.1) is 18.2 Å². The third kappa shape index (κ3) is 1.78. The van der Waals surface area contributed by atoms with Crippen molar-refractivity contribution < 1.29 is 4.79 Å². The van der Waals surface area contributed by atoms with Gasteiger partial charge in [-0.3, -0.25) is 9.48 Å². The van der Waals surface area contributed by atoms with Crippen molar-refractivity contribution in [2.45, 2.75) is 19.9 Å². The van der Waals surface area contributed by atoms with Gasteiger partial charge in [0, 0.05) is 37.8 Å². The second-order valence-corrected chi connectivity index (χ2v) is 4.18. The first-order valence-corrected chi connectivity index (χ1v) is 5.26. The van der Waals surface area contributed by atoms with Crippen LogP contribution in [0.3, 0.4) is 0 Å². The van der Waals surface area contributed by atoms with Gasteiger partial charge in [0.2, 0.25) is 5.91 Å². The van der Waals surface area contributed by atoms with Crippen LogP contribution >= 0.6 is 0 Å². The molecule has 5 nitrogen and oxygen atoms in total. The lowest BCUT2D eigenvalue weighted by Crippen LogP contribution is -2.24. The Bertz CT molecular complexity index is 457. The molecule has 1 atom stereocenters. The summed E-state index contributed by atoms with van der Waals surface area (Å²) in [5.41, 5.74) is 2.11. The molecule has 2 heterocycles. The molecule has 84 valence electrons. The van der Waals surface area contributed by atoms with Crippen LogP contribution < -0.4 is 0 Å². The van der Waals surface area contributed by atoms with E-state index in [2.05, 4.69) is 11.2 Å². The minimum Gasteiger partial charge on any atom is -0.337 e. The van der Waals surface area contributed by atoms with Gasteiger partial charge in [0.1, 0.15) is 0 Å². The lowest BCUT2D eigenvalue weighted by Gasteiger charge is -2.14. The van der Waals surface area contributed by atoms with Crippen LogP contribution in [-0.2, 0) is 18.4 Å². The van der Waals surface area contributed by atoms with E-state index in [0.717, 1.165) is 11.3 Å². The zero-order valence-corrected chi connectivity index (χ0v) is 9.47. The number of aromatic nitrogens is 2. The molecular weight excluding hydrogens is 204 g/mol. The largest absolute Gasteiger partial charge is 0.337 e. The molecule has 0 aromatic carbocycles. The first-order valence-electron chi connectivity index (χ1n) is 5.26. The van der Waals surface area contributed by atoms with Gasteiger partial charge in [0.15, 0.2) is 0 Å². The van der Waals surface area contributed by atoms with Gasteiger partial charge in [-0.25, -0.2) is 0 Å². The van der Waals surface area contributed by atoms with E-state index in [1.54, 1.807) is 15.8 Å². The molecule has 1 aliphatic rings. The van der Waals surface area contributed by atoms with Crippen LogP contribution in [0.5, 0.6) is 0 Å². The predicted molar refractivity (Wildman–Crippen MR) is 57.1 cm³/mol. The van der Waals surface area contributed by atoms with Crippen molar-refractivity contribution in [3.8, 4) is 6.07 Å². The van der Waals surface area contributed by atoms with Crippen LogP contribution in [-0.4, -0.2) is 27.1 Å². The fourth-order valence-corrected chi connectivity index (χ4v) is 1.92. The Morgan fingerprint density at radius 2 is 2.44 bits per heavy atom. The summed E-state index contributed by atoms with van der Waals surface area (Å²) in [4.78, 5) is 13.3. The molecule has 0 N–H and O–H groups in total. The number of hydrogen-bond acceptors (Lipinski definition) is 3. The molecule has 0 bridgehead atoms. The van der Waals surface area contributed by atoms with Crippen LogP contribution in [0.15, 0.2) is 6.20 Å². The molecule has 1 amide bonds. The Kier molecular flexibility index (Phi) is 2.65. The maximum atomic E-state index is 11.6. The topological polar surface area (TPSA) is 61.9 Å². The lowest BCUT2D eigenvalue weighted by atomic mass is 10.1. The van der Waals surface area contributed by atoms with Crippen LogP contribution in [0.4, 0.5) is 0 Å². The molecule has 16 heavy (non-hydrogen) atoms. The Morgan fingerprint density at radius 1 is 1.69 bits per heavy atom. The molecule has 0 spiro atoms. The van der Waals surface area contributed by atoms with Crippen LogP contribution in [0, 0.1) is 24.2 Å². The molecule has 2 rings (SSSR count). The van der Waals surface area contributed by atoms with E-state index in [4.69, 9.17) is 5.26 Å². The molecule has 1 aliphatic heterocycles. The van der Waals surface area contributed by atoms with E-state index < -0.39 is 0 Å². The molecular formula is C11H14N4O. The van der Waals surface area contributed by atoms with Gasteiger partial charge in [-0.1, -0.05) is 0 Å². The number of hydrogen-bond donors (Lipinski definition) is 0. The van der Waals surface area contributed by atoms with Crippen LogP contribution in [0.25, 0.3) is 0 Å². The SMILES string of the molecule is Cc1c(CN2CC(C#N)CC2=O)cnn1C. The fraction of sp³-hybridized carbons (Fsp3) is 0.545. The van der Waals surface area contributed by atoms with E-state index in [9.17, 15) is 4.79 Å². The number of likely N-dealkylation sites (tertiary alicyclic amines) is 1. The van der Waals surface area contributed by atoms with Crippen molar-refractivity contribution in [2.75, 3.05) is 6.54 Å². The summed E-state index contributed by atoms with van der Waals surface area (Å²) in [6.07, 6.45) is 2.14. The molecule has 1 aromatic rings. The maximum Gasteiger partial charge on any atom is 0.224 e. The molecule has 0 radical (unpaired) electrons. The van der Waals surface area contributed by atoms with Crippen molar-refractivity contribution in [3.63, 3.8) is 0 Å². The first-order chi connectivity index (χ1) is 7.61. The Hall–Kier alpha value is -1.83. The predicted octanol–water partition coefficient (Wildman–Crippen LogP) is 0.601. The highest BCUT2D eigenvalue weighted by atomic mass is 16.2. The Balaban J connectivity index is 2.09. The van der Waals surface area contributed by atoms with Crippen LogP contribution in [0.2, 0.25) is 0 Å². The molecule has 1 saturated heterocycles. The van der Waals surface area contributed by atoms with Gasteiger partial charge in [-0.15, -0.1) is 0 Å². The number of carbonyl (C=O) groups excluding carboxylic acids is 1.